The Hall–Kier alpha value is -1.36. The molecule has 0 saturated carbocycles. The molecule has 0 aliphatic rings. The molecule has 0 atom stereocenters. The Morgan fingerprint density at radius 2 is 1.89 bits per heavy atom. The molecule has 0 spiro atoms. The Bertz CT molecular complexity index is 469. The van der Waals surface area contributed by atoms with Gasteiger partial charge in [0.15, 0.2) is 11.5 Å². The highest BCUT2D eigenvalue weighted by molar-refractivity contribution is 9.09. The molecule has 5 heteroatoms. The molecule has 1 aromatic carbocycles. The Kier molecular flexibility index (Phi) is 6.02. The molecule has 0 amide bonds. The van der Waals surface area contributed by atoms with Gasteiger partial charge in [-0.15, -0.1) is 0 Å². The minimum absolute atomic E-state index is 0.0383. The molecule has 106 valence electrons. The summed E-state index contributed by atoms with van der Waals surface area (Å²) in [5.41, 5.74) is 1.97. The predicted molar refractivity (Wildman–Crippen MR) is 79.0 cm³/mol. The van der Waals surface area contributed by atoms with E-state index in [1.165, 1.54) is 19.8 Å². The summed E-state index contributed by atoms with van der Waals surface area (Å²) in [5, 5.41) is 10.6. The number of aromatic hydroxyl groups is 1. The molecule has 0 radical (unpaired) electrons. The van der Waals surface area contributed by atoms with Crippen LogP contribution in [0.2, 0.25) is 0 Å². The summed E-state index contributed by atoms with van der Waals surface area (Å²) in [7, 11) is 2.99. The van der Waals surface area contributed by atoms with Crippen LogP contribution < -0.4 is 14.2 Å². The smallest absolute Gasteiger partial charge is 0.207 e. The number of rotatable bonds is 6. The van der Waals surface area contributed by atoms with Crippen LogP contribution in [-0.4, -0.2) is 31.3 Å². The number of alkyl halides is 1. The van der Waals surface area contributed by atoms with Crippen molar-refractivity contribution in [2.24, 2.45) is 0 Å². The number of hydrogen-bond acceptors (Lipinski definition) is 4. The second-order valence-electron chi connectivity index (χ2n) is 4.10. The standard InChI is InChI=1S/C14H19BrO4/c1-9(8-15)5-6-19-12-10(2)7-11(16)13(17-3)14(12)18-4/h5,7,16H,6,8H2,1-4H3. The molecule has 0 unspecified atom stereocenters. The van der Waals surface area contributed by atoms with Crippen molar-refractivity contribution in [2.45, 2.75) is 13.8 Å². The Morgan fingerprint density at radius 1 is 1.26 bits per heavy atom. The van der Waals surface area contributed by atoms with E-state index < -0.39 is 0 Å². The van der Waals surface area contributed by atoms with Gasteiger partial charge >= 0.3 is 0 Å². The fourth-order valence-corrected chi connectivity index (χ4v) is 1.85. The van der Waals surface area contributed by atoms with Crippen molar-refractivity contribution in [1.29, 1.82) is 0 Å². The van der Waals surface area contributed by atoms with Crippen molar-refractivity contribution in [3.05, 3.63) is 23.3 Å². The lowest BCUT2D eigenvalue weighted by Crippen LogP contribution is -2.01. The highest BCUT2D eigenvalue weighted by Crippen LogP contribution is 2.45. The molecule has 0 aliphatic heterocycles. The largest absolute Gasteiger partial charge is 0.504 e. The zero-order valence-corrected chi connectivity index (χ0v) is 13.2. The van der Waals surface area contributed by atoms with E-state index in [-0.39, 0.29) is 11.5 Å². The molecule has 0 saturated heterocycles. The van der Waals surface area contributed by atoms with Gasteiger partial charge in [0.05, 0.1) is 14.2 Å². The van der Waals surface area contributed by atoms with E-state index in [4.69, 9.17) is 14.2 Å². The van der Waals surface area contributed by atoms with Crippen LogP contribution in [0.5, 0.6) is 23.0 Å². The number of phenols is 1. The molecule has 0 bridgehead atoms. The zero-order valence-electron chi connectivity index (χ0n) is 11.6. The number of halogens is 1. The number of hydrogen-bond donors (Lipinski definition) is 1. The van der Waals surface area contributed by atoms with Crippen LogP contribution in [0.4, 0.5) is 0 Å². The van der Waals surface area contributed by atoms with Gasteiger partial charge in [0.2, 0.25) is 11.5 Å². The van der Waals surface area contributed by atoms with Crippen molar-refractivity contribution in [3.63, 3.8) is 0 Å². The molecular formula is C14H19BrO4. The van der Waals surface area contributed by atoms with Gasteiger partial charge in [-0.05, 0) is 31.6 Å². The summed E-state index contributed by atoms with van der Waals surface area (Å²) < 4.78 is 16.1. The van der Waals surface area contributed by atoms with E-state index in [2.05, 4.69) is 15.9 Å². The van der Waals surface area contributed by atoms with Crippen LogP contribution in [0.1, 0.15) is 12.5 Å². The van der Waals surface area contributed by atoms with Crippen molar-refractivity contribution in [1.82, 2.24) is 0 Å². The molecule has 0 fully saturated rings. The van der Waals surface area contributed by atoms with E-state index in [0.29, 0.717) is 18.1 Å². The van der Waals surface area contributed by atoms with Crippen LogP contribution in [-0.2, 0) is 0 Å². The lowest BCUT2D eigenvalue weighted by molar-refractivity contribution is 0.296. The molecule has 19 heavy (non-hydrogen) atoms. The maximum atomic E-state index is 9.80. The van der Waals surface area contributed by atoms with Crippen LogP contribution >= 0.6 is 15.9 Å². The predicted octanol–water partition coefficient (Wildman–Crippen LogP) is 3.44. The average Bonchev–Trinajstić information content (AvgIpc) is 2.40. The lowest BCUT2D eigenvalue weighted by Gasteiger charge is -2.16. The van der Waals surface area contributed by atoms with Gasteiger partial charge in [-0.2, -0.15) is 0 Å². The Labute approximate surface area is 122 Å². The fourth-order valence-electron chi connectivity index (χ4n) is 1.62. The van der Waals surface area contributed by atoms with Gasteiger partial charge in [-0.1, -0.05) is 21.5 Å². The van der Waals surface area contributed by atoms with Gasteiger partial charge < -0.3 is 19.3 Å². The van der Waals surface area contributed by atoms with Gasteiger partial charge in [0.25, 0.3) is 0 Å². The van der Waals surface area contributed by atoms with E-state index in [9.17, 15) is 5.11 Å². The molecule has 4 nitrogen and oxygen atoms in total. The number of allylic oxidation sites excluding steroid dienone is 1. The van der Waals surface area contributed by atoms with Crippen molar-refractivity contribution >= 4 is 15.9 Å². The number of methoxy groups -OCH3 is 2. The van der Waals surface area contributed by atoms with Crippen LogP contribution in [0.25, 0.3) is 0 Å². The number of aryl methyl sites for hydroxylation is 1. The van der Waals surface area contributed by atoms with E-state index in [1.54, 1.807) is 6.07 Å². The molecule has 0 heterocycles. The second-order valence-corrected chi connectivity index (χ2v) is 4.66. The third-order valence-electron chi connectivity index (χ3n) is 2.63. The van der Waals surface area contributed by atoms with Gasteiger partial charge in [0.1, 0.15) is 6.61 Å². The third-order valence-corrected chi connectivity index (χ3v) is 3.52. The fraction of sp³-hybridized carbons (Fsp3) is 0.429. The minimum atomic E-state index is 0.0383. The summed E-state index contributed by atoms with van der Waals surface area (Å²) in [6, 6.07) is 1.59. The average molecular weight is 331 g/mol. The van der Waals surface area contributed by atoms with Crippen molar-refractivity contribution < 1.29 is 19.3 Å². The quantitative estimate of drug-likeness (QED) is 0.641. The number of ether oxygens (including phenoxy) is 3. The molecule has 1 rings (SSSR count). The van der Waals surface area contributed by atoms with E-state index in [0.717, 1.165) is 10.9 Å². The van der Waals surface area contributed by atoms with Gasteiger partial charge in [-0.3, -0.25) is 0 Å². The topological polar surface area (TPSA) is 47.9 Å². The minimum Gasteiger partial charge on any atom is -0.504 e. The van der Waals surface area contributed by atoms with Crippen LogP contribution in [0.15, 0.2) is 17.7 Å². The lowest BCUT2D eigenvalue weighted by atomic mass is 10.1. The molecule has 1 N–H and O–H groups in total. The summed E-state index contributed by atoms with van der Waals surface area (Å²) in [4.78, 5) is 0. The summed E-state index contributed by atoms with van der Waals surface area (Å²) in [6.45, 7) is 4.29. The first-order valence-corrected chi connectivity index (χ1v) is 6.96. The molecule has 1 aromatic rings. The zero-order chi connectivity index (χ0) is 14.4. The first kappa shape index (κ1) is 15.7. The van der Waals surface area contributed by atoms with Gasteiger partial charge in [0, 0.05) is 5.33 Å². The molecule has 0 aliphatic carbocycles. The number of phenolic OH excluding ortho intramolecular Hbond substituents is 1. The first-order valence-electron chi connectivity index (χ1n) is 5.84. The van der Waals surface area contributed by atoms with Crippen molar-refractivity contribution in [3.8, 4) is 23.0 Å². The van der Waals surface area contributed by atoms with E-state index >= 15 is 0 Å². The third kappa shape index (κ3) is 3.80. The highest BCUT2D eigenvalue weighted by atomic mass is 79.9. The van der Waals surface area contributed by atoms with Crippen LogP contribution in [0, 0.1) is 6.92 Å². The monoisotopic (exact) mass is 330 g/mol. The summed E-state index contributed by atoms with van der Waals surface area (Å²) >= 11 is 3.37. The van der Waals surface area contributed by atoms with Crippen LogP contribution in [0.3, 0.4) is 0 Å². The second kappa shape index (κ2) is 7.28. The maximum absolute atomic E-state index is 9.80. The van der Waals surface area contributed by atoms with E-state index in [1.807, 2.05) is 19.9 Å². The maximum Gasteiger partial charge on any atom is 0.207 e. The summed E-state index contributed by atoms with van der Waals surface area (Å²) in [6.07, 6.45) is 1.98. The molecule has 0 aromatic heterocycles. The number of benzene rings is 1. The van der Waals surface area contributed by atoms with Crippen molar-refractivity contribution in [2.75, 3.05) is 26.2 Å². The Balaban J connectivity index is 3.05. The first-order chi connectivity index (χ1) is 9.04. The Morgan fingerprint density at radius 3 is 2.42 bits per heavy atom. The SMILES string of the molecule is COc1c(O)cc(C)c(OCC=C(C)CBr)c1OC. The highest BCUT2D eigenvalue weighted by Gasteiger charge is 2.18. The molecular weight excluding hydrogens is 312 g/mol. The summed E-state index contributed by atoms with van der Waals surface area (Å²) in [5.74, 6) is 1.31. The normalized spacial score (nSPS) is 11.3. The van der Waals surface area contributed by atoms with Gasteiger partial charge in [-0.25, -0.2) is 0 Å².